The Bertz CT molecular complexity index is 202. The van der Waals surface area contributed by atoms with E-state index in [9.17, 15) is 0 Å². The molecule has 2 heteroatoms. The molecule has 1 heterocycles. The molecule has 0 spiro atoms. The average molecular weight is 153 g/mol. The first-order chi connectivity index (χ1) is 5.01. The van der Waals surface area contributed by atoms with Gasteiger partial charge in [-0.1, -0.05) is 13.8 Å². The molecule has 0 radical (unpaired) electrons. The van der Waals surface area contributed by atoms with Crippen molar-refractivity contribution >= 4 is 5.90 Å². The molecule has 0 fully saturated rings. The van der Waals surface area contributed by atoms with Crippen LogP contribution in [-0.2, 0) is 4.74 Å². The fraction of sp³-hybridized carbons (Fsp3) is 0.667. The summed E-state index contributed by atoms with van der Waals surface area (Å²) in [4.78, 5) is 4.14. The van der Waals surface area contributed by atoms with E-state index in [0.29, 0.717) is 5.92 Å². The van der Waals surface area contributed by atoms with Gasteiger partial charge in [0.15, 0.2) is 5.90 Å². The van der Waals surface area contributed by atoms with Gasteiger partial charge in [-0.25, -0.2) is 4.99 Å². The zero-order valence-corrected chi connectivity index (χ0v) is 7.59. The van der Waals surface area contributed by atoms with Crippen LogP contribution in [-0.4, -0.2) is 11.5 Å². The predicted octanol–water partition coefficient (Wildman–Crippen LogP) is 2.36. The van der Waals surface area contributed by atoms with Gasteiger partial charge in [0.05, 0.1) is 0 Å². The summed E-state index contributed by atoms with van der Waals surface area (Å²) < 4.78 is 5.60. The van der Waals surface area contributed by atoms with Gasteiger partial charge in [-0.15, -0.1) is 0 Å². The van der Waals surface area contributed by atoms with Gasteiger partial charge in [-0.3, -0.25) is 0 Å². The lowest BCUT2D eigenvalue weighted by molar-refractivity contribution is 0.132. The molecule has 11 heavy (non-hydrogen) atoms. The van der Waals surface area contributed by atoms with Crippen molar-refractivity contribution in [2.75, 3.05) is 0 Å². The Balaban J connectivity index is 2.73. The maximum atomic E-state index is 5.60. The van der Waals surface area contributed by atoms with Crippen molar-refractivity contribution in [2.24, 2.45) is 10.9 Å². The van der Waals surface area contributed by atoms with Crippen LogP contribution in [0.2, 0.25) is 0 Å². The Labute approximate surface area is 68.0 Å². The largest absolute Gasteiger partial charge is 0.470 e. The lowest BCUT2D eigenvalue weighted by Crippen LogP contribution is -2.30. The van der Waals surface area contributed by atoms with Crippen LogP contribution < -0.4 is 0 Å². The lowest BCUT2D eigenvalue weighted by Gasteiger charge is -2.27. The SMILES string of the molecule is CC(C)C1=NC=CC(C)(C)O1. The Morgan fingerprint density at radius 3 is 2.45 bits per heavy atom. The summed E-state index contributed by atoms with van der Waals surface area (Å²) >= 11 is 0. The van der Waals surface area contributed by atoms with Crippen molar-refractivity contribution in [3.8, 4) is 0 Å². The molecule has 0 aromatic carbocycles. The van der Waals surface area contributed by atoms with E-state index in [4.69, 9.17) is 4.74 Å². The smallest absolute Gasteiger partial charge is 0.191 e. The quantitative estimate of drug-likeness (QED) is 0.566. The summed E-state index contributed by atoms with van der Waals surface area (Å²) in [5.41, 5.74) is -0.179. The maximum Gasteiger partial charge on any atom is 0.191 e. The summed E-state index contributed by atoms with van der Waals surface area (Å²) in [5, 5.41) is 0. The van der Waals surface area contributed by atoms with Gasteiger partial charge in [-0.2, -0.15) is 0 Å². The molecule has 0 aromatic rings. The molecule has 0 saturated heterocycles. The van der Waals surface area contributed by atoms with Crippen molar-refractivity contribution < 1.29 is 4.74 Å². The van der Waals surface area contributed by atoms with E-state index < -0.39 is 0 Å². The van der Waals surface area contributed by atoms with Gasteiger partial charge < -0.3 is 4.74 Å². The second-order valence-electron chi connectivity index (χ2n) is 3.64. The topological polar surface area (TPSA) is 21.6 Å². The third-order valence-electron chi connectivity index (χ3n) is 1.54. The molecule has 0 aromatic heterocycles. The second-order valence-corrected chi connectivity index (χ2v) is 3.64. The highest BCUT2D eigenvalue weighted by atomic mass is 16.5. The van der Waals surface area contributed by atoms with Crippen molar-refractivity contribution in [1.29, 1.82) is 0 Å². The number of hydrogen-bond acceptors (Lipinski definition) is 2. The zero-order chi connectivity index (χ0) is 8.48. The Morgan fingerprint density at radius 1 is 1.45 bits per heavy atom. The molecule has 0 N–H and O–H groups in total. The molecule has 0 aliphatic carbocycles. The first-order valence-electron chi connectivity index (χ1n) is 3.96. The van der Waals surface area contributed by atoms with Gasteiger partial charge in [0, 0.05) is 12.1 Å². The Morgan fingerprint density at radius 2 is 2.09 bits per heavy atom. The van der Waals surface area contributed by atoms with Crippen LogP contribution in [0.15, 0.2) is 17.3 Å². The minimum atomic E-state index is -0.179. The monoisotopic (exact) mass is 153 g/mol. The van der Waals surface area contributed by atoms with Crippen molar-refractivity contribution in [1.82, 2.24) is 0 Å². The maximum absolute atomic E-state index is 5.60. The highest BCUT2D eigenvalue weighted by molar-refractivity contribution is 5.79. The van der Waals surface area contributed by atoms with E-state index in [1.54, 1.807) is 0 Å². The zero-order valence-electron chi connectivity index (χ0n) is 7.59. The minimum Gasteiger partial charge on any atom is -0.470 e. The number of rotatable bonds is 1. The van der Waals surface area contributed by atoms with Crippen LogP contribution in [0.4, 0.5) is 0 Å². The number of hydrogen-bond donors (Lipinski definition) is 0. The third-order valence-corrected chi connectivity index (χ3v) is 1.54. The number of ether oxygens (including phenoxy) is 1. The molecule has 2 nitrogen and oxygen atoms in total. The van der Waals surface area contributed by atoms with Gasteiger partial charge in [0.25, 0.3) is 0 Å². The summed E-state index contributed by atoms with van der Waals surface area (Å²) in [6, 6.07) is 0. The standard InChI is InChI=1S/C9H15NO/c1-7(2)8-10-6-5-9(3,4)11-8/h5-7H,1-4H3. The predicted molar refractivity (Wildman–Crippen MR) is 46.6 cm³/mol. The van der Waals surface area contributed by atoms with Crippen LogP contribution in [0, 0.1) is 5.92 Å². The van der Waals surface area contributed by atoms with Crippen molar-refractivity contribution in [3.63, 3.8) is 0 Å². The first-order valence-corrected chi connectivity index (χ1v) is 3.96. The Hall–Kier alpha value is -0.790. The fourth-order valence-electron chi connectivity index (χ4n) is 0.887. The molecular formula is C9H15NO. The molecule has 1 aliphatic rings. The lowest BCUT2D eigenvalue weighted by atomic mass is 10.1. The van der Waals surface area contributed by atoms with Crippen molar-refractivity contribution in [2.45, 2.75) is 33.3 Å². The van der Waals surface area contributed by atoms with E-state index in [2.05, 4.69) is 18.8 Å². The van der Waals surface area contributed by atoms with Gasteiger partial charge in [-0.05, 0) is 19.9 Å². The molecule has 0 amide bonds. The van der Waals surface area contributed by atoms with Gasteiger partial charge in [0.1, 0.15) is 5.60 Å². The van der Waals surface area contributed by atoms with E-state index in [1.807, 2.05) is 26.1 Å². The molecular weight excluding hydrogens is 138 g/mol. The van der Waals surface area contributed by atoms with Gasteiger partial charge >= 0.3 is 0 Å². The minimum absolute atomic E-state index is 0.179. The van der Waals surface area contributed by atoms with Crippen LogP contribution in [0.25, 0.3) is 0 Å². The molecule has 0 saturated carbocycles. The van der Waals surface area contributed by atoms with Crippen LogP contribution in [0.3, 0.4) is 0 Å². The van der Waals surface area contributed by atoms with E-state index in [0.717, 1.165) is 5.90 Å². The summed E-state index contributed by atoms with van der Waals surface area (Å²) in [7, 11) is 0. The highest BCUT2D eigenvalue weighted by Gasteiger charge is 2.22. The molecule has 0 unspecified atom stereocenters. The van der Waals surface area contributed by atoms with E-state index in [1.165, 1.54) is 0 Å². The van der Waals surface area contributed by atoms with Crippen LogP contribution in [0.5, 0.6) is 0 Å². The molecule has 62 valence electrons. The van der Waals surface area contributed by atoms with Crippen molar-refractivity contribution in [3.05, 3.63) is 12.3 Å². The molecule has 1 aliphatic heterocycles. The van der Waals surface area contributed by atoms with Gasteiger partial charge in [0.2, 0.25) is 0 Å². The second kappa shape index (κ2) is 2.68. The normalized spacial score (nSPS) is 21.4. The third kappa shape index (κ3) is 2.07. The first kappa shape index (κ1) is 8.31. The summed E-state index contributed by atoms with van der Waals surface area (Å²) in [6.45, 7) is 8.21. The number of aliphatic imine (C=N–C) groups is 1. The highest BCUT2D eigenvalue weighted by Crippen LogP contribution is 2.18. The Kier molecular flexibility index (Phi) is 2.03. The van der Waals surface area contributed by atoms with E-state index in [-0.39, 0.29) is 5.60 Å². The molecule has 0 bridgehead atoms. The van der Waals surface area contributed by atoms with Crippen LogP contribution >= 0.6 is 0 Å². The molecule has 1 rings (SSSR count). The summed E-state index contributed by atoms with van der Waals surface area (Å²) in [6.07, 6.45) is 3.78. The molecule has 0 atom stereocenters. The average Bonchev–Trinajstić information content (AvgIpc) is 1.85. The van der Waals surface area contributed by atoms with E-state index >= 15 is 0 Å². The summed E-state index contributed by atoms with van der Waals surface area (Å²) in [5.74, 6) is 1.21. The number of nitrogens with zero attached hydrogens (tertiary/aromatic N) is 1. The fourth-order valence-corrected chi connectivity index (χ4v) is 0.887. The van der Waals surface area contributed by atoms with Crippen LogP contribution in [0.1, 0.15) is 27.7 Å².